The second kappa shape index (κ2) is 7.39. The van der Waals surface area contributed by atoms with Crippen LogP contribution in [0.15, 0.2) is 36.4 Å². The van der Waals surface area contributed by atoms with Gasteiger partial charge in [0.2, 0.25) is 0 Å². The molecule has 3 heteroatoms. The third-order valence-electron chi connectivity index (χ3n) is 5.94. The van der Waals surface area contributed by atoms with Crippen molar-refractivity contribution in [1.82, 2.24) is 0 Å². The van der Waals surface area contributed by atoms with Gasteiger partial charge in [-0.2, -0.15) is 13.2 Å². The van der Waals surface area contributed by atoms with E-state index >= 15 is 0 Å². The van der Waals surface area contributed by atoms with Crippen LogP contribution in [0.2, 0.25) is 0 Å². The minimum Gasteiger partial charge on any atom is -0.166 e. The van der Waals surface area contributed by atoms with E-state index in [4.69, 9.17) is 0 Å². The van der Waals surface area contributed by atoms with Crippen molar-refractivity contribution in [3.05, 3.63) is 47.5 Å². The monoisotopic (exact) mass is 348 g/mol. The lowest BCUT2D eigenvalue weighted by Crippen LogP contribution is -2.15. The molecule has 0 nitrogen and oxygen atoms in total. The molecule has 0 bridgehead atoms. The fraction of sp³-hybridized carbons (Fsp3) is 0.545. The molecule has 0 N–H and O–H groups in total. The van der Waals surface area contributed by atoms with Gasteiger partial charge in [-0.3, -0.25) is 0 Å². The summed E-state index contributed by atoms with van der Waals surface area (Å²) in [5.74, 6) is 2.21. The van der Waals surface area contributed by atoms with Gasteiger partial charge in [0.05, 0.1) is 5.56 Å². The summed E-state index contributed by atoms with van der Waals surface area (Å²) in [5.41, 5.74) is 0.715. The summed E-state index contributed by atoms with van der Waals surface area (Å²) >= 11 is 0. The van der Waals surface area contributed by atoms with Crippen LogP contribution in [0.25, 0.3) is 10.8 Å². The molecule has 1 aliphatic carbocycles. The van der Waals surface area contributed by atoms with Crippen molar-refractivity contribution in [2.24, 2.45) is 11.8 Å². The molecule has 25 heavy (non-hydrogen) atoms. The zero-order valence-corrected chi connectivity index (χ0v) is 15.1. The van der Waals surface area contributed by atoms with E-state index in [1.807, 2.05) is 12.1 Å². The number of halogens is 3. The zero-order chi connectivity index (χ0) is 18.0. The van der Waals surface area contributed by atoms with Crippen molar-refractivity contribution >= 4 is 10.8 Å². The predicted octanol–water partition coefficient (Wildman–Crippen LogP) is 7.57. The molecule has 0 amide bonds. The number of benzene rings is 2. The topological polar surface area (TPSA) is 0 Å². The van der Waals surface area contributed by atoms with E-state index in [0.29, 0.717) is 11.3 Å². The number of hydrogen-bond acceptors (Lipinski definition) is 0. The Bertz CT molecular complexity index is 709. The number of rotatable bonds is 4. The molecular formula is C22H27F3. The summed E-state index contributed by atoms with van der Waals surface area (Å²) < 4.78 is 38.5. The van der Waals surface area contributed by atoms with Crippen LogP contribution in [0.5, 0.6) is 0 Å². The average Bonchev–Trinajstić information content (AvgIpc) is 2.60. The van der Waals surface area contributed by atoms with Gasteiger partial charge in [-0.15, -0.1) is 0 Å². The standard InChI is InChI=1S/C22H27F3/c1-3-15(2)12-16-4-6-17(7-5-16)18-8-9-20-14-21(22(23,24)25)11-10-19(20)13-18/h8-11,13-17H,3-7,12H2,1-2H3/t15?,16-,17-. The molecule has 0 aliphatic heterocycles. The Morgan fingerprint density at radius 2 is 1.60 bits per heavy atom. The molecule has 1 saturated carbocycles. The van der Waals surface area contributed by atoms with E-state index < -0.39 is 11.7 Å². The van der Waals surface area contributed by atoms with E-state index in [2.05, 4.69) is 19.9 Å². The van der Waals surface area contributed by atoms with Crippen LogP contribution in [0, 0.1) is 11.8 Å². The van der Waals surface area contributed by atoms with Crippen molar-refractivity contribution in [2.75, 3.05) is 0 Å². The first-order valence-electron chi connectivity index (χ1n) is 9.47. The van der Waals surface area contributed by atoms with Crippen molar-refractivity contribution in [2.45, 2.75) is 64.5 Å². The van der Waals surface area contributed by atoms with Crippen LogP contribution < -0.4 is 0 Å². The van der Waals surface area contributed by atoms with Crippen molar-refractivity contribution in [1.29, 1.82) is 0 Å². The Hall–Kier alpha value is -1.51. The van der Waals surface area contributed by atoms with Gasteiger partial charge in [-0.1, -0.05) is 44.5 Å². The second-order valence-electron chi connectivity index (χ2n) is 7.79. The summed E-state index contributed by atoms with van der Waals surface area (Å²) in [6.07, 6.45) is 3.27. The molecule has 1 aliphatic rings. The molecule has 0 saturated heterocycles. The maximum absolute atomic E-state index is 12.8. The number of hydrogen-bond donors (Lipinski definition) is 0. The quantitative estimate of drug-likeness (QED) is 0.534. The highest BCUT2D eigenvalue weighted by Crippen LogP contribution is 2.39. The highest BCUT2D eigenvalue weighted by molar-refractivity contribution is 5.84. The fourth-order valence-electron chi connectivity index (χ4n) is 4.16. The Balaban J connectivity index is 1.71. The van der Waals surface area contributed by atoms with Crippen LogP contribution >= 0.6 is 0 Å². The van der Waals surface area contributed by atoms with Gasteiger partial charge in [0, 0.05) is 0 Å². The maximum Gasteiger partial charge on any atom is 0.416 e. The highest BCUT2D eigenvalue weighted by atomic mass is 19.4. The molecule has 0 aromatic heterocycles. The van der Waals surface area contributed by atoms with Gasteiger partial charge >= 0.3 is 6.18 Å². The van der Waals surface area contributed by atoms with Crippen LogP contribution in [0.4, 0.5) is 13.2 Å². The number of alkyl halides is 3. The SMILES string of the molecule is CCC(C)C[C@H]1CC[C@H](c2ccc3cc(C(F)(F)F)ccc3c2)CC1. The number of fused-ring (bicyclic) bond motifs is 1. The molecule has 0 spiro atoms. The lowest BCUT2D eigenvalue weighted by Gasteiger charge is -2.30. The van der Waals surface area contributed by atoms with Gasteiger partial charge in [-0.05, 0) is 78.3 Å². The second-order valence-corrected chi connectivity index (χ2v) is 7.79. The molecule has 1 unspecified atom stereocenters. The van der Waals surface area contributed by atoms with Crippen molar-refractivity contribution < 1.29 is 13.2 Å². The van der Waals surface area contributed by atoms with Crippen molar-refractivity contribution in [3.8, 4) is 0 Å². The fourth-order valence-corrected chi connectivity index (χ4v) is 4.16. The van der Waals surface area contributed by atoms with E-state index in [0.717, 1.165) is 17.2 Å². The van der Waals surface area contributed by atoms with Crippen LogP contribution in [-0.4, -0.2) is 0 Å². The Morgan fingerprint density at radius 3 is 2.24 bits per heavy atom. The van der Waals surface area contributed by atoms with Gasteiger partial charge in [0.15, 0.2) is 0 Å². The van der Waals surface area contributed by atoms with Crippen LogP contribution in [0.3, 0.4) is 0 Å². The lowest BCUT2D eigenvalue weighted by atomic mass is 9.75. The van der Waals surface area contributed by atoms with Gasteiger partial charge in [-0.25, -0.2) is 0 Å². The molecule has 136 valence electrons. The minimum atomic E-state index is -4.28. The van der Waals surface area contributed by atoms with Crippen LogP contribution in [-0.2, 0) is 6.18 Å². The lowest BCUT2D eigenvalue weighted by molar-refractivity contribution is -0.137. The summed E-state index contributed by atoms with van der Waals surface area (Å²) in [7, 11) is 0. The molecule has 1 atom stereocenters. The summed E-state index contributed by atoms with van der Waals surface area (Å²) in [6.45, 7) is 4.60. The zero-order valence-electron chi connectivity index (χ0n) is 15.1. The highest BCUT2D eigenvalue weighted by Gasteiger charge is 2.30. The van der Waals surface area contributed by atoms with E-state index in [1.165, 1.54) is 56.2 Å². The summed E-state index contributed by atoms with van der Waals surface area (Å²) in [6, 6.07) is 10.0. The Kier molecular flexibility index (Phi) is 5.41. The van der Waals surface area contributed by atoms with Gasteiger partial charge in [0.25, 0.3) is 0 Å². The van der Waals surface area contributed by atoms with E-state index in [1.54, 1.807) is 6.07 Å². The van der Waals surface area contributed by atoms with Gasteiger partial charge < -0.3 is 0 Å². The van der Waals surface area contributed by atoms with E-state index in [9.17, 15) is 13.2 Å². The molecule has 3 rings (SSSR count). The minimum absolute atomic E-state index is 0.555. The molecule has 1 fully saturated rings. The molecular weight excluding hydrogens is 321 g/mol. The maximum atomic E-state index is 12.8. The first-order chi connectivity index (χ1) is 11.9. The molecule has 2 aromatic carbocycles. The molecule has 2 aromatic rings. The summed E-state index contributed by atoms with van der Waals surface area (Å²) in [5, 5.41) is 1.58. The van der Waals surface area contributed by atoms with E-state index in [-0.39, 0.29) is 0 Å². The van der Waals surface area contributed by atoms with Crippen LogP contribution in [0.1, 0.15) is 69.4 Å². The Labute approximate surface area is 148 Å². The summed E-state index contributed by atoms with van der Waals surface area (Å²) in [4.78, 5) is 0. The smallest absolute Gasteiger partial charge is 0.166 e. The Morgan fingerprint density at radius 1 is 0.960 bits per heavy atom. The molecule has 0 radical (unpaired) electrons. The molecule has 0 heterocycles. The average molecular weight is 348 g/mol. The first kappa shape index (κ1) is 18.3. The first-order valence-corrected chi connectivity index (χ1v) is 9.47. The largest absolute Gasteiger partial charge is 0.416 e. The predicted molar refractivity (Wildman–Crippen MR) is 97.7 cm³/mol. The van der Waals surface area contributed by atoms with Crippen molar-refractivity contribution in [3.63, 3.8) is 0 Å². The third-order valence-corrected chi connectivity index (χ3v) is 5.94. The normalized spacial score (nSPS) is 22.9. The van der Waals surface area contributed by atoms with Gasteiger partial charge in [0.1, 0.15) is 0 Å². The third kappa shape index (κ3) is 4.37.